The molecule has 150 valence electrons. The molecule has 2 atom stereocenters. The molecule has 0 spiro atoms. The van der Waals surface area contributed by atoms with E-state index in [1.165, 1.54) is 11.1 Å². The van der Waals surface area contributed by atoms with Crippen molar-refractivity contribution in [3.05, 3.63) is 71.3 Å². The number of hydrogen-bond donors (Lipinski definition) is 1. The molecule has 0 saturated carbocycles. The van der Waals surface area contributed by atoms with Crippen LogP contribution in [0.5, 0.6) is 0 Å². The molecule has 2 aliphatic rings. The monoisotopic (exact) mass is 390 g/mol. The summed E-state index contributed by atoms with van der Waals surface area (Å²) < 4.78 is 1.89. The summed E-state index contributed by atoms with van der Waals surface area (Å²) in [7, 11) is 0. The number of nitrogens with zero attached hydrogens (tertiary/aromatic N) is 6. The number of aliphatic hydroxyl groups is 1. The maximum absolute atomic E-state index is 11.3. The molecule has 1 aromatic carbocycles. The standard InChI is InChI=1S/C22H26N6O/c1-16-4-6-17(7-5-16)14-28-21(24-25-26-28)15-27-19-8-9-20(27)12-22(29,11-19)18-3-2-10-23-13-18/h2-7,10,13,19-20,29H,8-9,11-12,14-15H2,1H3. The number of pyridine rings is 1. The third-order valence-electron chi connectivity index (χ3n) is 6.50. The van der Waals surface area contributed by atoms with Gasteiger partial charge in [0.2, 0.25) is 0 Å². The fourth-order valence-electron chi connectivity index (χ4n) is 4.94. The van der Waals surface area contributed by atoms with E-state index in [2.05, 4.69) is 56.6 Å². The van der Waals surface area contributed by atoms with E-state index < -0.39 is 5.60 Å². The topological polar surface area (TPSA) is 80.0 Å². The Morgan fingerprint density at radius 3 is 2.52 bits per heavy atom. The Morgan fingerprint density at radius 2 is 1.83 bits per heavy atom. The Labute approximate surface area is 170 Å². The summed E-state index contributed by atoms with van der Waals surface area (Å²) in [6.07, 6.45) is 7.23. The van der Waals surface area contributed by atoms with E-state index in [1.807, 2.05) is 16.8 Å². The fraction of sp³-hybridized carbons (Fsp3) is 0.455. The lowest BCUT2D eigenvalue weighted by Crippen LogP contribution is -2.49. The highest BCUT2D eigenvalue weighted by atomic mass is 16.3. The number of benzene rings is 1. The second-order valence-electron chi connectivity index (χ2n) is 8.48. The minimum atomic E-state index is -0.787. The number of fused-ring (bicyclic) bond motifs is 2. The molecule has 2 saturated heterocycles. The molecule has 7 nitrogen and oxygen atoms in total. The largest absolute Gasteiger partial charge is 0.385 e. The van der Waals surface area contributed by atoms with E-state index in [9.17, 15) is 5.11 Å². The van der Waals surface area contributed by atoms with Crippen molar-refractivity contribution in [2.75, 3.05) is 0 Å². The summed E-state index contributed by atoms with van der Waals surface area (Å²) in [4.78, 5) is 6.70. The number of tetrazole rings is 1. The van der Waals surface area contributed by atoms with Gasteiger partial charge in [-0.2, -0.15) is 0 Å². The van der Waals surface area contributed by atoms with Crippen molar-refractivity contribution in [2.45, 2.75) is 63.4 Å². The van der Waals surface area contributed by atoms with Crippen LogP contribution in [-0.2, 0) is 18.7 Å². The van der Waals surface area contributed by atoms with Crippen LogP contribution >= 0.6 is 0 Å². The van der Waals surface area contributed by atoms with Crippen molar-refractivity contribution in [1.82, 2.24) is 30.1 Å². The van der Waals surface area contributed by atoms with Crippen LogP contribution < -0.4 is 0 Å². The second-order valence-corrected chi connectivity index (χ2v) is 8.48. The van der Waals surface area contributed by atoms with Crippen LogP contribution in [0.2, 0.25) is 0 Å². The molecule has 2 aliphatic heterocycles. The zero-order chi connectivity index (χ0) is 19.8. The zero-order valence-electron chi connectivity index (χ0n) is 16.6. The van der Waals surface area contributed by atoms with Crippen molar-refractivity contribution < 1.29 is 5.11 Å². The van der Waals surface area contributed by atoms with Crippen LogP contribution in [-0.4, -0.2) is 47.3 Å². The lowest BCUT2D eigenvalue weighted by molar-refractivity contribution is -0.0606. The molecule has 7 heteroatoms. The van der Waals surface area contributed by atoms with Crippen molar-refractivity contribution in [1.29, 1.82) is 0 Å². The lowest BCUT2D eigenvalue weighted by atomic mass is 9.81. The molecule has 0 aliphatic carbocycles. The predicted octanol–water partition coefficient (Wildman–Crippen LogP) is 2.44. The first-order valence-electron chi connectivity index (χ1n) is 10.3. The van der Waals surface area contributed by atoms with Crippen LogP contribution in [0.4, 0.5) is 0 Å². The molecule has 5 rings (SSSR count). The number of rotatable bonds is 5. The van der Waals surface area contributed by atoms with Crippen molar-refractivity contribution in [2.24, 2.45) is 0 Å². The molecule has 0 radical (unpaired) electrons. The zero-order valence-corrected chi connectivity index (χ0v) is 16.6. The van der Waals surface area contributed by atoms with Gasteiger partial charge in [-0.1, -0.05) is 35.9 Å². The summed E-state index contributed by atoms with van der Waals surface area (Å²) in [5.41, 5.74) is 2.58. The molecule has 2 bridgehead atoms. The van der Waals surface area contributed by atoms with Gasteiger partial charge in [-0.15, -0.1) is 5.10 Å². The average Bonchev–Trinajstić information content (AvgIpc) is 3.27. The minimum Gasteiger partial charge on any atom is -0.385 e. The third-order valence-corrected chi connectivity index (χ3v) is 6.50. The van der Waals surface area contributed by atoms with Crippen LogP contribution in [0.25, 0.3) is 0 Å². The van der Waals surface area contributed by atoms with Gasteiger partial charge < -0.3 is 5.11 Å². The van der Waals surface area contributed by atoms with Gasteiger partial charge in [0, 0.05) is 30.0 Å². The molecule has 4 heterocycles. The Bertz CT molecular complexity index is 956. The Balaban J connectivity index is 1.32. The molecule has 2 aromatic heterocycles. The maximum Gasteiger partial charge on any atom is 0.165 e. The highest BCUT2D eigenvalue weighted by Crippen LogP contribution is 2.45. The number of aryl methyl sites for hydroxylation is 1. The molecule has 29 heavy (non-hydrogen) atoms. The van der Waals surface area contributed by atoms with Crippen molar-refractivity contribution >= 4 is 0 Å². The SMILES string of the molecule is Cc1ccc(Cn2nnnc2CN2C3CCC2CC(O)(c2cccnc2)C3)cc1. The first-order chi connectivity index (χ1) is 14.1. The van der Waals surface area contributed by atoms with E-state index in [0.29, 0.717) is 18.6 Å². The minimum absolute atomic E-state index is 0.337. The summed E-state index contributed by atoms with van der Waals surface area (Å²) in [6, 6.07) is 13.0. The summed E-state index contributed by atoms with van der Waals surface area (Å²) >= 11 is 0. The van der Waals surface area contributed by atoms with E-state index in [-0.39, 0.29) is 0 Å². The van der Waals surface area contributed by atoms with Crippen LogP contribution in [0.1, 0.15) is 48.2 Å². The van der Waals surface area contributed by atoms with Crippen LogP contribution in [0.15, 0.2) is 48.8 Å². The number of hydrogen-bond acceptors (Lipinski definition) is 6. The molecule has 1 N–H and O–H groups in total. The highest BCUT2D eigenvalue weighted by molar-refractivity contribution is 5.23. The molecule has 0 amide bonds. The van der Waals surface area contributed by atoms with Gasteiger partial charge in [-0.05, 0) is 54.7 Å². The Kier molecular flexibility index (Phi) is 4.64. The summed E-state index contributed by atoms with van der Waals surface area (Å²) in [5.74, 6) is 0.884. The van der Waals surface area contributed by atoms with E-state index in [0.717, 1.165) is 43.6 Å². The molecular formula is C22H26N6O. The number of piperidine rings is 1. The van der Waals surface area contributed by atoms with Gasteiger partial charge in [0.25, 0.3) is 0 Å². The number of aromatic nitrogens is 5. The average molecular weight is 390 g/mol. The van der Waals surface area contributed by atoms with Gasteiger partial charge in [-0.3, -0.25) is 9.88 Å². The molecule has 2 fully saturated rings. The second kappa shape index (κ2) is 7.31. The third kappa shape index (κ3) is 3.56. The van der Waals surface area contributed by atoms with Gasteiger partial charge in [0.1, 0.15) is 0 Å². The quantitative estimate of drug-likeness (QED) is 0.721. The molecular weight excluding hydrogens is 364 g/mol. The smallest absolute Gasteiger partial charge is 0.165 e. The van der Waals surface area contributed by atoms with E-state index in [1.54, 1.807) is 12.4 Å². The summed E-state index contributed by atoms with van der Waals surface area (Å²) in [5, 5.41) is 23.8. The Hall–Kier alpha value is -2.64. The van der Waals surface area contributed by atoms with Crippen LogP contribution in [0.3, 0.4) is 0 Å². The van der Waals surface area contributed by atoms with Gasteiger partial charge in [0.15, 0.2) is 5.82 Å². The highest BCUT2D eigenvalue weighted by Gasteiger charge is 2.48. The van der Waals surface area contributed by atoms with E-state index in [4.69, 9.17) is 0 Å². The normalized spacial score (nSPS) is 26.7. The predicted molar refractivity (Wildman–Crippen MR) is 108 cm³/mol. The van der Waals surface area contributed by atoms with Crippen molar-refractivity contribution in [3.63, 3.8) is 0 Å². The van der Waals surface area contributed by atoms with E-state index >= 15 is 0 Å². The lowest BCUT2D eigenvalue weighted by Gasteiger charge is -2.43. The molecule has 3 aromatic rings. The summed E-state index contributed by atoms with van der Waals surface area (Å²) in [6.45, 7) is 3.48. The van der Waals surface area contributed by atoms with Gasteiger partial charge in [-0.25, -0.2) is 4.68 Å². The molecule has 2 unspecified atom stereocenters. The van der Waals surface area contributed by atoms with Gasteiger partial charge in [0.05, 0.1) is 18.7 Å². The Morgan fingerprint density at radius 1 is 1.07 bits per heavy atom. The first kappa shape index (κ1) is 18.4. The van der Waals surface area contributed by atoms with Gasteiger partial charge >= 0.3 is 0 Å². The van der Waals surface area contributed by atoms with Crippen molar-refractivity contribution in [3.8, 4) is 0 Å². The van der Waals surface area contributed by atoms with Crippen LogP contribution in [0, 0.1) is 6.92 Å². The fourth-order valence-corrected chi connectivity index (χ4v) is 4.94. The first-order valence-corrected chi connectivity index (χ1v) is 10.3. The maximum atomic E-state index is 11.3.